The lowest BCUT2D eigenvalue weighted by molar-refractivity contribution is -0.385. The summed E-state index contributed by atoms with van der Waals surface area (Å²) >= 11 is 0. The molecule has 0 aliphatic carbocycles. The van der Waals surface area contributed by atoms with Gasteiger partial charge in [-0.3, -0.25) is 19.2 Å². The normalized spacial score (nSPS) is 11.3. The van der Waals surface area contributed by atoms with Gasteiger partial charge in [-0.05, 0) is 35.9 Å². The Morgan fingerprint density at radius 3 is 2.28 bits per heavy atom. The van der Waals surface area contributed by atoms with Crippen molar-refractivity contribution in [1.82, 2.24) is 5.43 Å². The summed E-state index contributed by atoms with van der Waals surface area (Å²) < 4.78 is 25.8. The molecule has 0 fully saturated rings. The molecule has 10 heteroatoms. The predicted molar refractivity (Wildman–Crippen MR) is 122 cm³/mol. The van der Waals surface area contributed by atoms with Gasteiger partial charge in [-0.1, -0.05) is 42.5 Å². The number of hydrazone groups is 1. The van der Waals surface area contributed by atoms with Crippen molar-refractivity contribution in [2.75, 3.05) is 10.6 Å². The first-order chi connectivity index (χ1) is 15.3. The number of benzene rings is 3. The summed E-state index contributed by atoms with van der Waals surface area (Å²) in [6.07, 6.45) is 2.31. The average Bonchev–Trinajstić information content (AvgIpc) is 2.78. The zero-order chi connectivity index (χ0) is 23.1. The van der Waals surface area contributed by atoms with Crippen molar-refractivity contribution in [3.8, 4) is 0 Å². The molecule has 9 nitrogen and oxygen atoms in total. The minimum atomic E-state index is -3.55. The molecule has 3 rings (SSSR count). The summed E-state index contributed by atoms with van der Waals surface area (Å²) in [5, 5.41) is 14.8. The Kier molecular flexibility index (Phi) is 6.96. The Labute approximate surface area is 185 Å². The third-order valence-electron chi connectivity index (χ3n) is 4.49. The largest absolute Gasteiger partial charge is 0.278 e. The van der Waals surface area contributed by atoms with E-state index in [0.29, 0.717) is 5.69 Å². The molecule has 0 aliphatic rings. The van der Waals surface area contributed by atoms with Gasteiger partial charge in [0.1, 0.15) is 0 Å². The smallest absolute Gasteiger partial charge is 0.267 e. The number of carbonyl (C=O) groups excluding carboxylic acids is 1. The van der Waals surface area contributed by atoms with Crippen LogP contribution >= 0.6 is 0 Å². The summed E-state index contributed by atoms with van der Waals surface area (Å²) in [5.41, 5.74) is 3.91. The second kappa shape index (κ2) is 9.84. The molecule has 0 spiro atoms. The SMILES string of the molecule is CS(=O)(=O)N(Cc1ccccc1)c1ccc(C(=O)N/N=C\c2ccccc2[N+](=O)[O-])cc1. The predicted octanol–water partition coefficient (Wildman–Crippen LogP) is 3.32. The molecule has 0 aromatic heterocycles. The average molecular weight is 452 g/mol. The van der Waals surface area contributed by atoms with Crippen LogP contribution in [-0.4, -0.2) is 31.7 Å². The van der Waals surface area contributed by atoms with E-state index in [2.05, 4.69) is 10.5 Å². The lowest BCUT2D eigenvalue weighted by Crippen LogP contribution is -2.29. The molecule has 0 saturated carbocycles. The second-order valence-corrected chi connectivity index (χ2v) is 8.72. The number of nitrogens with zero attached hydrogens (tertiary/aromatic N) is 3. The third-order valence-corrected chi connectivity index (χ3v) is 5.63. The first-order valence-corrected chi connectivity index (χ1v) is 11.3. The molecule has 3 aromatic carbocycles. The minimum Gasteiger partial charge on any atom is -0.267 e. The number of nitro groups is 1. The summed E-state index contributed by atoms with van der Waals surface area (Å²) in [6.45, 7) is 0.158. The monoisotopic (exact) mass is 452 g/mol. The van der Waals surface area contributed by atoms with Crippen LogP contribution in [0.1, 0.15) is 21.5 Å². The maximum absolute atomic E-state index is 12.3. The number of para-hydroxylation sites is 1. The topological polar surface area (TPSA) is 122 Å². The van der Waals surface area contributed by atoms with E-state index in [1.165, 1.54) is 53.0 Å². The molecule has 32 heavy (non-hydrogen) atoms. The number of carbonyl (C=O) groups is 1. The number of nitrogens with one attached hydrogen (secondary N) is 1. The van der Waals surface area contributed by atoms with Crippen LogP contribution in [0.4, 0.5) is 11.4 Å². The van der Waals surface area contributed by atoms with Crippen LogP contribution in [0.5, 0.6) is 0 Å². The molecular formula is C22H20N4O5S. The van der Waals surface area contributed by atoms with Crippen LogP contribution < -0.4 is 9.73 Å². The highest BCUT2D eigenvalue weighted by atomic mass is 32.2. The van der Waals surface area contributed by atoms with Gasteiger partial charge in [-0.25, -0.2) is 13.8 Å². The molecule has 1 N–H and O–H groups in total. The zero-order valence-corrected chi connectivity index (χ0v) is 17.9. The highest BCUT2D eigenvalue weighted by Gasteiger charge is 2.18. The molecule has 3 aromatic rings. The molecule has 0 unspecified atom stereocenters. The van der Waals surface area contributed by atoms with Crippen LogP contribution in [0.3, 0.4) is 0 Å². The van der Waals surface area contributed by atoms with E-state index in [4.69, 9.17) is 0 Å². The number of amides is 1. The van der Waals surface area contributed by atoms with Crippen molar-refractivity contribution in [2.24, 2.45) is 5.10 Å². The first kappa shape index (κ1) is 22.6. The molecule has 0 aliphatic heterocycles. The minimum absolute atomic E-state index is 0.130. The van der Waals surface area contributed by atoms with Crippen LogP contribution in [-0.2, 0) is 16.6 Å². The quantitative estimate of drug-likeness (QED) is 0.319. The maximum Gasteiger partial charge on any atom is 0.278 e. The van der Waals surface area contributed by atoms with Gasteiger partial charge < -0.3 is 0 Å². The molecular weight excluding hydrogens is 432 g/mol. The van der Waals surface area contributed by atoms with Gasteiger partial charge in [0.05, 0.1) is 35.2 Å². The van der Waals surface area contributed by atoms with Crippen molar-refractivity contribution in [3.63, 3.8) is 0 Å². The van der Waals surface area contributed by atoms with Gasteiger partial charge in [0.25, 0.3) is 11.6 Å². The second-order valence-electron chi connectivity index (χ2n) is 6.82. The number of hydrogen-bond acceptors (Lipinski definition) is 6. The van der Waals surface area contributed by atoms with Crippen LogP contribution in [0.15, 0.2) is 84.0 Å². The highest BCUT2D eigenvalue weighted by molar-refractivity contribution is 7.92. The van der Waals surface area contributed by atoms with Crippen LogP contribution in [0, 0.1) is 10.1 Å². The molecule has 0 saturated heterocycles. The van der Waals surface area contributed by atoms with E-state index >= 15 is 0 Å². The standard InChI is InChI=1S/C22H20N4O5S/c1-32(30,31)25(16-17-7-3-2-4-8-17)20-13-11-18(12-14-20)22(27)24-23-15-19-9-5-6-10-21(19)26(28)29/h2-15H,16H2,1H3,(H,24,27)/b23-15-. The summed E-state index contributed by atoms with van der Waals surface area (Å²) in [5.74, 6) is -0.541. The Morgan fingerprint density at radius 2 is 1.66 bits per heavy atom. The van der Waals surface area contributed by atoms with Crippen molar-refractivity contribution >= 4 is 33.5 Å². The fourth-order valence-electron chi connectivity index (χ4n) is 2.92. The fraction of sp³-hybridized carbons (Fsp3) is 0.0909. The van der Waals surface area contributed by atoms with Crippen molar-refractivity contribution in [2.45, 2.75) is 6.54 Å². The number of rotatable bonds is 8. The Bertz CT molecular complexity index is 1240. The van der Waals surface area contributed by atoms with Crippen LogP contribution in [0.25, 0.3) is 0 Å². The van der Waals surface area contributed by atoms with E-state index in [1.807, 2.05) is 30.3 Å². The summed E-state index contributed by atoms with van der Waals surface area (Å²) in [7, 11) is -3.55. The Morgan fingerprint density at radius 1 is 1.03 bits per heavy atom. The van der Waals surface area contributed by atoms with Gasteiger partial charge >= 0.3 is 0 Å². The zero-order valence-electron chi connectivity index (χ0n) is 17.1. The number of anilines is 1. The van der Waals surface area contributed by atoms with E-state index in [1.54, 1.807) is 6.07 Å². The van der Waals surface area contributed by atoms with Crippen molar-refractivity contribution in [3.05, 3.63) is 106 Å². The molecule has 164 valence electrons. The van der Waals surface area contributed by atoms with Gasteiger partial charge in [0, 0.05) is 11.6 Å². The van der Waals surface area contributed by atoms with E-state index < -0.39 is 20.9 Å². The van der Waals surface area contributed by atoms with Gasteiger partial charge in [0.2, 0.25) is 10.0 Å². The lowest BCUT2D eigenvalue weighted by Gasteiger charge is -2.22. The van der Waals surface area contributed by atoms with Crippen molar-refractivity contribution in [1.29, 1.82) is 0 Å². The Hall–Kier alpha value is -4.05. The maximum atomic E-state index is 12.3. The highest BCUT2D eigenvalue weighted by Crippen LogP contribution is 2.21. The molecule has 0 radical (unpaired) electrons. The fourth-order valence-corrected chi connectivity index (χ4v) is 3.80. The lowest BCUT2D eigenvalue weighted by atomic mass is 10.2. The number of hydrogen-bond donors (Lipinski definition) is 1. The van der Waals surface area contributed by atoms with Crippen LogP contribution in [0.2, 0.25) is 0 Å². The van der Waals surface area contributed by atoms with E-state index in [0.717, 1.165) is 11.8 Å². The van der Waals surface area contributed by atoms with Crippen molar-refractivity contribution < 1.29 is 18.1 Å². The first-order valence-electron chi connectivity index (χ1n) is 9.44. The van der Waals surface area contributed by atoms with E-state index in [9.17, 15) is 23.3 Å². The molecule has 0 heterocycles. The number of nitro benzene ring substituents is 1. The summed E-state index contributed by atoms with van der Waals surface area (Å²) in [4.78, 5) is 22.8. The number of sulfonamides is 1. The van der Waals surface area contributed by atoms with E-state index in [-0.39, 0.29) is 23.4 Å². The Balaban J connectivity index is 1.72. The molecule has 1 amide bonds. The van der Waals surface area contributed by atoms with Gasteiger partial charge in [-0.15, -0.1) is 0 Å². The molecule has 0 bridgehead atoms. The van der Waals surface area contributed by atoms with Gasteiger partial charge in [-0.2, -0.15) is 5.10 Å². The summed E-state index contributed by atoms with van der Waals surface area (Å²) in [6, 6.07) is 21.2. The van der Waals surface area contributed by atoms with Gasteiger partial charge in [0.15, 0.2) is 0 Å². The third kappa shape index (κ3) is 5.76. The molecule has 0 atom stereocenters.